The molecule has 1 atom stereocenters. The minimum absolute atomic E-state index is 0.0732. The number of aryl methyl sites for hydroxylation is 1. The lowest BCUT2D eigenvalue weighted by atomic mass is 10.0. The van der Waals surface area contributed by atoms with E-state index < -0.39 is 17.0 Å². The normalized spacial score (nSPS) is 12.8. The summed E-state index contributed by atoms with van der Waals surface area (Å²) in [6.45, 7) is 1.60. The van der Waals surface area contributed by atoms with Crippen LogP contribution >= 0.6 is 22.9 Å². The molecule has 0 N–H and O–H groups in total. The summed E-state index contributed by atoms with van der Waals surface area (Å²) in [7, 11) is 0. The molecule has 0 radical (unpaired) electrons. The van der Waals surface area contributed by atoms with Crippen LogP contribution in [0, 0.1) is 18.6 Å². The zero-order chi connectivity index (χ0) is 15.0. The van der Waals surface area contributed by atoms with Gasteiger partial charge in [-0.15, -0.1) is 22.9 Å². The Morgan fingerprint density at radius 2 is 1.95 bits per heavy atom. The third kappa shape index (κ3) is 2.78. The van der Waals surface area contributed by atoms with Gasteiger partial charge in [-0.1, -0.05) is 18.2 Å². The smallest absolute Gasteiger partial charge is 0.133 e. The van der Waals surface area contributed by atoms with Crippen molar-refractivity contribution in [3.05, 3.63) is 64.2 Å². The molecule has 1 nitrogen and oxygen atoms in total. The van der Waals surface area contributed by atoms with Gasteiger partial charge in [0.2, 0.25) is 0 Å². The highest BCUT2D eigenvalue weighted by molar-refractivity contribution is 7.18. The topological polar surface area (TPSA) is 12.9 Å². The minimum Gasteiger partial charge on any atom is -0.241 e. The average Bonchev–Trinajstić information content (AvgIpc) is 2.85. The van der Waals surface area contributed by atoms with Gasteiger partial charge in [-0.05, 0) is 30.7 Å². The van der Waals surface area contributed by atoms with Gasteiger partial charge in [0.15, 0.2) is 0 Å². The first-order valence-corrected chi connectivity index (χ1v) is 7.74. The summed E-state index contributed by atoms with van der Waals surface area (Å²) in [6.07, 6.45) is 0.304. The molecule has 0 fully saturated rings. The lowest BCUT2D eigenvalue weighted by molar-refractivity contribution is 0.545. The maximum absolute atomic E-state index is 14.1. The number of halogens is 3. The lowest BCUT2D eigenvalue weighted by Crippen LogP contribution is -2.04. The molecule has 21 heavy (non-hydrogen) atoms. The highest BCUT2D eigenvalue weighted by atomic mass is 35.5. The Morgan fingerprint density at radius 1 is 1.19 bits per heavy atom. The van der Waals surface area contributed by atoms with E-state index in [0.717, 1.165) is 15.2 Å². The molecular weight excluding hydrogens is 312 g/mol. The number of rotatable bonds is 3. The van der Waals surface area contributed by atoms with Gasteiger partial charge in [-0.3, -0.25) is 0 Å². The monoisotopic (exact) mass is 323 g/mol. The number of hydrogen-bond donors (Lipinski definition) is 0. The van der Waals surface area contributed by atoms with Crippen molar-refractivity contribution in [1.29, 1.82) is 0 Å². The molecule has 2 aromatic carbocycles. The number of fused-ring (bicyclic) bond motifs is 1. The fourth-order valence-electron chi connectivity index (χ4n) is 2.23. The molecule has 0 aliphatic carbocycles. The van der Waals surface area contributed by atoms with E-state index in [4.69, 9.17) is 11.6 Å². The molecule has 3 rings (SSSR count). The van der Waals surface area contributed by atoms with Crippen molar-refractivity contribution in [3.8, 4) is 0 Å². The van der Waals surface area contributed by atoms with Crippen molar-refractivity contribution in [2.45, 2.75) is 18.7 Å². The van der Waals surface area contributed by atoms with Crippen LogP contribution in [0.2, 0.25) is 0 Å². The Labute approximate surface area is 130 Å². The number of nitrogens with zero attached hydrogens (tertiary/aromatic N) is 1. The van der Waals surface area contributed by atoms with Gasteiger partial charge in [0, 0.05) is 12.0 Å². The van der Waals surface area contributed by atoms with Crippen molar-refractivity contribution in [2.75, 3.05) is 0 Å². The van der Waals surface area contributed by atoms with Crippen LogP contribution < -0.4 is 0 Å². The molecule has 3 aromatic rings. The van der Waals surface area contributed by atoms with Crippen LogP contribution in [0.25, 0.3) is 10.2 Å². The molecule has 1 unspecified atom stereocenters. The highest BCUT2D eigenvalue weighted by Gasteiger charge is 2.21. The Hall–Kier alpha value is -1.52. The van der Waals surface area contributed by atoms with Gasteiger partial charge in [0.25, 0.3) is 0 Å². The predicted octanol–water partition coefficient (Wildman–Crippen LogP) is 5.41. The SMILES string of the molecule is Cc1ccc(F)c(C(Cl)Cc2nc3ccccc3s2)c1F. The van der Waals surface area contributed by atoms with E-state index in [1.54, 1.807) is 6.92 Å². The molecule has 0 aliphatic rings. The third-order valence-corrected chi connectivity index (χ3v) is 4.76. The molecule has 108 valence electrons. The molecule has 0 spiro atoms. The fourth-order valence-corrected chi connectivity index (χ4v) is 3.68. The van der Waals surface area contributed by atoms with Crippen LogP contribution in [0.15, 0.2) is 36.4 Å². The van der Waals surface area contributed by atoms with E-state index in [2.05, 4.69) is 4.98 Å². The zero-order valence-corrected chi connectivity index (χ0v) is 12.8. The summed E-state index contributed by atoms with van der Waals surface area (Å²) < 4.78 is 29.0. The first-order chi connectivity index (χ1) is 10.1. The quantitative estimate of drug-likeness (QED) is 0.588. The molecule has 5 heteroatoms. The molecule has 0 bridgehead atoms. The van der Waals surface area contributed by atoms with E-state index in [0.29, 0.717) is 12.0 Å². The number of para-hydroxylation sites is 1. The predicted molar refractivity (Wildman–Crippen MR) is 83.0 cm³/mol. The van der Waals surface area contributed by atoms with Crippen molar-refractivity contribution in [1.82, 2.24) is 4.98 Å². The van der Waals surface area contributed by atoms with Gasteiger partial charge < -0.3 is 0 Å². The van der Waals surface area contributed by atoms with Crippen molar-refractivity contribution in [2.24, 2.45) is 0 Å². The highest BCUT2D eigenvalue weighted by Crippen LogP contribution is 2.33. The first-order valence-electron chi connectivity index (χ1n) is 6.49. The number of aromatic nitrogens is 1. The van der Waals surface area contributed by atoms with Crippen LogP contribution in [0.1, 0.15) is 21.5 Å². The minimum atomic E-state index is -0.773. The molecule has 1 aromatic heterocycles. The van der Waals surface area contributed by atoms with E-state index in [1.165, 1.54) is 23.5 Å². The standard InChI is InChI=1S/C16H12ClF2NS/c1-9-6-7-11(18)15(16(9)19)10(17)8-14-20-12-4-2-3-5-13(12)21-14/h2-7,10H,8H2,1H3. The number of hydrogen-bond acceptors (Lipinski definition) is 2. The van der Waals surface area contributed by atoms with E-state index >= 15 is 0 Å². The molecule has 0 saturated carbocycles. The largest absolute Gasteiger partial charge is 0.241 e. The number of alkyl halides is 1. The molecular formula is C16H12ClF2NS. The summed E-state index contributed by atoms with van der Waals surface area (Å²) in [6, 6.07) is 10.4. The molecule has 1 heterocycles. The van der Waals surface area contributed by atoms with Crippen LogP contribution in [-0.2, 0) is 6.42 Å². The lowest BCUT2D eigenvalue weighted by Gasteiger charge is -2.12. The Bertz CT molecular complexity index is 767. The second-order valence-electron chi connectivity index (χ2n) is 4.84. The Balaban J connectivity index is 1.93. The van der Waals surface area contributed by atoms with Gasteiger partial charge >= 0.3 is 0 Å². The Kier molecular flexibility index (Phi) is 3.91. The summed E-state index contributed by atoms with van der Waals surface area (Å²) >= 11 is 7.73. The third-order valence-electron chi connectivity index (χ3n) is 3.32. The van der Waals surface area contributed by atoms with E-state index in [-0.39, 0.29) is 5.56 Å². The first kappa shape index (κ1) is 14.4. The van der Waals surface area contributed by atoms with Crippen LogP contribution in [-0.4, -0.2) is 4.98 Å². The van der Waals surface area contributed by atoms with Crippen molar-refractivity contribution in [3.63, 3.8) is 0 Å². The summed E-state index contributed by atoms with van der Waals surface area (Å²) in [5, 5.41) is 0.00182. The van der Waals surface area contributed by atoms with Crippen molar-refractivity contribution >= 4 is 33.2 Å². The Morgan fingerprint density at radius 3 is 2.71 bits per heavy atom. The molecule has 0 amide bonds. The van der Waals surface area contributed by atoms with Gasteiger partial charge in [-0.25, -0.2) is 13.8 Å². The summed E-state index contributed by atoms with van der Waals surface area (Å²) in [5.74, 6) is -1.18. The van der Waals surface area contributed by atoms with Crippen LogP contribution in [0.4, 0.5) is 8.78 Å². The molecule has 0 aliphatic heterocycles. The van der Waals surface area contributed by atoms with Gasteiger partial charge in [-0.2, -0.15) is 0 Å². The maximum atomic E-state index is 14.1. The molecule has 0 saturated heterocycles. The maximum Gasteiger partial charge on any atom is 0.133 e. The van der Waals surface area contributed by atoms with Crippen LogP contribution in [0.5, 0.6) is 0 Å². The fraction of sp³-hybridized carbons (Fsp3) is 0.188. The summed E-state index contributed by atoms with van der Waals surface area (Å²) in [5.41, 5.74) is 1.20. The summed E-state index contributed by atoms with van der Waals surface area (Å²) in [4.78, 5) is 4.45. The number of benzene rings is 2. The van der Waals surface area contributed by atoms with E-state index in [9.17, 15) is 8.78 Å². The van der Waals surface area contributed by atoms with Crippen molar-refractivity contribution < 1.29 is 8.78 Å². The number of thiazole rings is 1. The van der Waals surface area contributed by atoms with E-state index in [1.807, 2.05) is 24.3 Å². The van der Waals surface area contributed by atoms with Gasteiger partial charge in [0.1, 0.15) is 11.6 Å². The zero-order valence-electron chi connectivity index (χ0n) is 11.2. The van der Waals surface area contributed by atoms with Gasteiger partial charge in [0.05, 0.1) is 20.6 Å². The second-order valence-corrected chi connectivity index (χ2v) is 6.48. The second kappa shape index (κ2) is 5.70. The van der Waals surface area contributed by atoms with Crippen LogP contribution in [0.3, 0.4) is 0 Å². The average molecular weight is 324 g/mol.